The summed E-state index contributed by atoms with van der Waals surface area (Å²) in [7, 11) is 0. The fourth-order valence-corrected chi connectivity index (χ4v) is 5.93. The van der Waals surface area contributed by atoms with E-state index >= 15 is 0 Å². The minimum atomic E-state index is -1.40. The van der Waals surface area contributed by atoms with E-state index in [0.29, 0.717) is 6.42 Å². The predicted molar refractivity (Wildman–Crippen MR) is 130 cm³/mol. The largest absolute Gasteiger partial charge is 0.368 e. The Bertz CT molecular complexity index is 1290. The number of nitrogens with two attached hydrogens (primary N) is 1. The number of hydrogen-bond donors (Lipinski definition) is 1. The molecular weight excluding hydrogens is 406 g/mol. The highest BCUT2D eigenvalue weighted by Crippen LogP contribution is 2.60. The Kier molecular flexibility index (Phi) is 5.06. The van der Waals surface area contributed by atoms with Crippen LogP contribution >= 0.6 is 0 Å². The topological polar surface area (TPSA) is 70.1 Å². The highest BCUT2D eigenvalue weighted by atomic mass is 16.1. The summed E-state index contributed by atoms with van der Waals surface area (Å²) in [4.78, 5) is 15.5. The molecule has 4 nitrogen and oxygen atoms in total. The third kappa shape index (κ3) is 3.15. The van der Waals surface area contributed by atoms with Crippen LogP contribution in [0.3, 0.4) is 0 Å². The lowest BCUT2D eigenvalue weighted by Crippen LogP contribution is -2.44. The zero-order chi connectivity index (χ0) is 23.2. The molecule has 4 atom stereocenters. The van der Waals surface area contributed by atoms with E-state index in [1.54, 1.807) is 0 Å². The lowest BCUT2D eigenvalue weighted by molar-refractivity contribution is -0.126. The van der Waals surface area contributed by atoms with E-state index in [1.165, 1.54) is 5.56 Å². The van der Waals surface area contributed by atoms with E-state index in [2.05, 4.69) is 67.4 Å². The minimum Gasteiger partial charge on any atom is -0.368 e. The molecule has 0 unspecified atom stereocenters. The number of aryl methyl sites for hydroxylation is 2. The van der Waals surface area contributed by atoms with Gasteiger partial charge in [-0.3, -0.25) is 4.79 Å². The molecule has 0 spiro atoms. The highest BCUT2D eigenvalue weighted by Gasteiger charge is 2.64. The second-order valence-corrected chi connectivity index (χ2v) is 9.23. The number of rotatable bonds is 4. The Balaban J connectivity index is 1.78. The van der Waals surface area contributed by atoms with Gasteiger partial charge >= 0.3 is 0 Å². The highest BCUT2D eigenvalue weighted by molar-refractivity contribution is 5.88. The van der Waals surface area contributed by atoms with Crippen LogP contribution in [0, 0.1) is 30.6 Å². The number of nitriles is 1. The third-order valence-electron chi connectivity index (χ3n) is 7.35. The maximum atomic E-state index is 13.3. The molecule has 4 heteroatoms. The normalized spacial score (nSPS) is 25.2. The van der Waals surface area contributed by atoms with Crippen molar-refractivity contribution in [2.45, 2.75) is 38.3 Å². The van der Waals surface area contributed by atoms with Crippen molar-refractivity contribution in [2.75, 3.05) is 0 Å². The molecule has 3 aromatic carbocycles. The van der Waals surface area contributed by atoms with Crippen LogP contribution in [0.25, 0.3) is 6.08 Å². The van der Waals surface area contributed by atoms with Gasteiger partial charge < -0.3 is 10.6 Å². The first-order valence-electron chi connectivity index (χ1n) is 11.3. The van der Waals surface area contributed by atoms with Crippen molar-refractivity contribution >= 4 is 12.0 Å². The molecule has 2 heterocycles. The molecule has 0 radical (unpaired) electrons. The molecule has 3 aromatic rings. The molecule has 2 aliphatic heterocycles. The van der Waals surface area contributed by atoms with Gasteiger partial charge in [-0.2, -0.15) is 5.26 Å². The van der Waals surface area contributed by atoms with Crippen LogP contribution in [0.15, 0.2) is 79.0 Å². The van der Waals surface area contributed by atoms with Gasteiger partial charge in [-0.15, -0.1) is 0 Å². The Morgan fingerprint density at radius 2 is 1.76 bits per heavy atom. The van der Waals surface area contributed by atoms with E-state index in [4.69, 9.17) is 5.73 Å². The van der Waals surface area contributed by atoms with Gasteiger partial charge in [0.05, 0.1) is 12.1 Å². The van der Waals surface area contributed by atoms with Gasteiger partial charge in [-0.05, 0) is 54.2 Å². The maximum absolute atomic E-state index is 13.3. The summed E-state index contributed by atoms with van der Waals surface area (Å²) in [5.41, 5.74) is 11.2. The average molecular weight is 434 g/mol. The first-order valence-corrected chi connectivity index (χ1v) is 11.3. The second kappa shape index (κ2) is 7.94. The fourth-order valence-electron chi connectivity index (χ4n) is 5.93. The van der Waals surface area contributed by atoms with Crippen molar-refractivity contribution < 1.29 is 4.79 Å². The molecule has 1 amide bonds. The van der Waals surface area contributed by atoms with Crippen LogP contribution in [0.4, 0.5) is 0 Å². The lowest BCUT2D eigenvalue weighted by Gasteiger charge is -2.36. The molecule has 0 aromatic heterocycles. The molecule has 1 saturated heterocycles. The van der Waals surface area contributed by atoms with Crippen molar-refractivity contribution in [1.29, 1.82) is 5.26 Å². The number of amides is 1. The monoisotopic (exact) mass is 433 g/mol. The number of carbonyl (C=O) groups is 1. The van der Waals surface area contributed by atoms with Gasteiger partial charge in [0, 0.05) is 18.2 Å². The van der Waals surface area contributed by atoms with E-state index in [0.717, 1.165) is 27.8 Å². The summed E-state index contributed by atoms with van der Waals surface area (Å²) in [6.07, 6.45) is 4.84. The summed E-state index contributed by atoms with van der Waals surface area (Å²) < 4.78 is 0. The van der Waals surface area contributed by atoms with Crippen molar-refractivity contribution in [1.82, 2.24) is 4.90 Å². The zero-order valence-corrected chi connectivity index (χ0v) is 18.9. The van der Waals surface area contributed by atoms with Gasteiger partial charge in [0.1, 0.15) is 0 Å². The molecule has 0 bridgehead atoms. The standard InChI is InChI=1S/C29H27N3O/c1-19-12-13-23(20(2)16-19)26-25(17-21-8-4-3-5-9-21)32-15-14-22-10-6-7-11-24(22)27(32)29(26,18-30)28(31)33/h3-16,25-27H,17H2,1-2H3,(H2,31,33)/t25-,26+,27-,29+/m0/s1. The Labute approximate surface area is 195 Å². The van der Waals surface area contributed by atoms with E-state index < -0.39 is 17.4 Å². The van der Waals surface area contributed by atoms with E-state index in [-0.39, 0.29) is 12.0 Å². The smallest absolute Gasteiger partial charge is 0.241 e. The summed E-state index contributed by atoms with van der Waals surface area (Å²) in [5.74, 6) is -0.938. The van der Waals surface area contributed by atoms with Gasteiger partial charge in [0.15, 0.2) is 5.41 Å². The number of hydrogen-bond acceptors (Lipinski definition) is 3. The molecule has 33 heavy (non-hydrogen) atoms. The van der Waals surface area contributed by atoms with Gasteiger partial charge in [0.25, 0.3) is 0 Å². The fraction of sp³-hybridized carbons (Fsp3) is 0.241. The number of benzene rings is 3. The second-order valence-electron chi connectivity index (χ2n) is 9.23. The Morgan fingerprint density at radius 1 is 1.03 bits per heavy atom. The van der Waals surface area contributed by atoms with Crippen molar-refractivity contribution in [3.05, 3.63) is 112 Å². The number of fused-ring (bicyclic) bond motifs is 3. The van der Waals surface area contributed by atoms with E-state index in [1.807, 2.05) is 42.5 Å². The quantitative estimate of drug-likeness (QED) is 0.627. The first kappa shape index (κ1) is 21.0. The van der Waals surface area contributed by atoms with Crippen LogP contribution in [0.1, 0.15) is 45.3 Å². The molecule has 1 fully saturated rings. The van der Waals surface area contributed by atoms with Crippen LogP contribution in [-0.4, -0.2) is 16.8 Å². The van der Waals surface area contributed by atoms with Crippen LogP contribution in [0.5, 0.6) is 0 Å². The number of nitrogens with zero attached hydrogens (tertiary/aromatic N) is 2. The zero-order valence-electron chi connectivity index (χ0n) is 18.9. The molecule has 2 aliphatic rings. The van der Waals surface area contributed by atoms with E-state index in [9.17, 15) is 10.1 Å². The SMILES string of the molecule is Cc1ccc([C@@H]2[C@H](Cc3ccccc3)N3C=Cc4ccccc4[C@H]3[C@]2(C#N)C(N)=O)c(C)c1. The molecule has 2 N–H and O–H groups in total. The molecule has 0 saturated carbocycles. The third-order valence-corrected chi connectivity index (χ3v) is 7.35. The van der Waals surface area contributed by atoms with Crippen molar-refractivity contribution in [3.8, 4) is 6.07 Å². The Morgan fingerprint density at radius 3 is 2.45 bits per heavy atom. The predicted octanol–water partition coefficient (Wildman–Crippen LogP) is 5.03. The maximum Gasteiger partial charge on any atom is 0.241 e. The minimum absolute atomic E-state index is 0.101. The lowest BCUT2D eigenvalue weighted by atomic mass is 9.65. The van der Waals surface area contributed by atoms with Gasteiger partial charge in [0.2, 0.25) is 5.91 Å². The summed E-state index contributed by atoms with van der Waals surface area (Å²) in [6.45, 7) is 4.12. The van der Waals surface area contributed by atoms with Crippen LogP contribution in [-0.2, 0) is 11.2 Å². The molecule has 5 rings (SSSR count). The number of carbonyl (C=O) groups excluding carboxylic acids is 1. The van der Waals surface area contributed by atoms with Gasteiger partial charge in [-0.1, -0.05) is 78.4 Å². The number of primary amides is 1. The summed E-state index contributed by atoms with van der Waals surface area (Å²) in [5, 5.41) is 10.7. The van der Waals surface area contributed by atoms with Crippen molar-refractivity contribution in [2.24, 2.45) is 11.1 Å². The average Bonchev–Trinajstić information content (AvgIpc) is 3.10. The summed E-state index contributed by atoms with van der Waals surface area (Å²) >= 11 is 0. The Hall–Kier alpha value is -3.84. The van der Waals surface area contributed by atoms with Gasteiger partial charge in [-0.25, -0.2) is 0 Å². The van der Waals surface area contributed by atoms with Crippen LogP contribution < -0.4 is 5.73 Å². The van der Waals surface area contributed by atoms with Crippen molar-refractivity contribution in [3.63, 3.8) is 0 Å². The summed E-state index contributed by atoms with van der Waals surface area (Å²) in [6, 6.07) is 26.5. The molecule has 0 aliphatic carbocycles. The molecular formula is C29H27N3O. The molecule has 164 valence electrons. The van der Waals surface area contributed by atoms with Crippen LogP contribution in [0.2, 0.25) is 0 Å². The first-order chi connectivity index (χ1) is 16.0.